The van der Waals surface area contributed by atoms with Gasteiger partial charge in [0.2, 0.25) is 5.91 Å². The number of aliphatic carboxylic acids is 1. The van der Waals surface area contributed by atoms with Crippen molar-refractivity contribution in [2.24, 2.45) is 0 Å². The zero-order valence-electron chi connectivity index (χ0n) is 11.7. The maximum Gasteiger partial charge on any atom is 0.304 e. The maximum atomic E-state index is 13.5. The molecule has 1 unspecified atom stereocenters. The van der Waals surface area contributed by atoms with E-state index in [1.165, 1.54) is 12.1 Å². The van der Waals surface area contributed by atoms with Crippen LogP contribution in [0.3, 0.4) is 0 Å². The fourth-order valence-electron chi connectivity index (χ4n) is 2.64. The zero-order chi connectivity index (χ0) is 15.2. The van der Waals surface area contributed by atoms with Gasteiger partial charge in [0.05, 0.1) is 18.7 Å². The van der Waals surface area contributed by atoms with E-state index in [-0.39, 0.29) is 30.6 Å². The van der Waals surface area contributed by atoms with Gasteiger partial charge in [-0.3, -0.25) is 14.5 Å². The number of hydrogen-bond donors (Lipinski definition) is 2. The molecule has 0 bridgehead atoms. The van der Waals surface area contributed by atoms with E-state index < -0.39 is 11.8 Å². The number of carboxylic acid groups (broad SMARTS) is 1. The van der Waals surface area contributed by atoms with Crippen LogP contribution < -0.4 is 5.32 Å². The number of piperidine rings is 1. The van der Waals surface area contributed by atoms with Crippen LogP contribution >= 0.6 is 0 Å². The normalized spacial score (nSPS) is 19.2. The van der Waals surface area contributed by atoms with Crippen molar-refractivity contribution >= 4 is 17.6 Å². The maximum absolute atomic E-state index is 13.5. The standard InChI is InChI=1S/C15H19FN2O3/c16-12-6-1-2-7-13(12)17-14(19)10-18-8-4-3-5-11(18)9-15(20)21/h1-2,6-7,11H,3-5,8-10H2,(H,17,19)(H,20,21). The minimum absolute atomic E-state index is 0.0347. The summed E-state index contributed by atoms with van der Waals surface area (Å²) < 4.78 is 13.5. The molecule has 2 rings (SSSR count). The number of nitrogens with one attached hydrogen (secondary N) is 1. The third-order valence-electron chi connectivity index (χ3n) is 3.65. The SMILES string of the molecule is O=C(O)CC1CCCCN1CC(=O)Nc1ccccc1F. The molecular formula is C15H19FN2O3. The van der Waals surface area contributed by atoms with Crippen molar-refractivity contribution in [1.29, 1.82) is 0 Å². The van der Waals surface area contributed by atoms with E-state index in [1.807, 2.05) is 4.90 Å². The second-order valence-electron chi connectivity index (χ2n) is 5.25. The lowest BCUT2D eigenvalue weighted by Crippen LogP contribution is -2.44. The Balaban J connectivity index is 1.94. The van der Waals surface area contributed by atoms with E-state index in [0.717, 1.165) is 19.3 Å². The average Bonchev–Trinajstić information content (AvgIpc) is 2.43. The predicted octanol–water partition coefficient (Wildman–Crippen LogP) is 2.09. The van der Waals surface area contributed by atoms with Crippen molar-refractivity contribution in [3.8, 4) is 0 Å². The first kappa shape index (κ1) is 15.4. The van der Waals surface area contributed by atoms with Crippen LogP contribution in [0.4, 0.5) is 10.1 Å². The summed E-state index contributed by atoms with van der Waals surface area (Å²) >= 11 is 0. The number of hydrogen-bond acceptors (Lipinski definition) is 3. The Morgan fingerprint density at radius 3 is 2.81 bits per heavy atom. The van der Waals surface area contributed by atoms with Gasteiger partial charge < -0.3 is 10.4 Å². The highest BCUT2D eigenvalue weighted by Gasteiger charge is 2.26. The average molecular weight is 294 g/mol. The molecule has 0 aromatic heterocycles. The predicted molar refractivity (Wildman–Crippen MR) is 76.5 cm³/mol. The number of carbonyl (C=O) groups is 2. The summed E-state index contributed by atoms with van der Waals surface area (Å²) in [6.07, 6.45) is 2.73. The number of halogens is 1. The van der Waals surface area contributed by atoms with Gasteiger partial charge >= 0.3 is 5.97 Å². The number of benzene rings is 1. The van der Waals surface area contributed by atoms with Crippen molar-refractivity contribution in [3.63, 3.8) is 0 Å². The summed E-state index contributed by atoms with van der Waals surface area (Å²) in [6, 6.07) is 5.86. The van der Waals surface area contributed by atoms with Gasteiger partial charge in [-0.25, -0.2) is 4.39 Å². The molecule has 1 saturated heterocycles. The summed E-state index contributed by atoms with van der Waals surface area (Å²) in [4.78, 5) is 24.7. The second-order valence-corrected chi connectivity index (χ2v) is 5.25. The quantitative estimate of drug-likeness (QED) is 0.872. The fraction of sp³-hybridized carbons (Fsp3) is 0.467. The van der Waals surface area contributed by atoms with Crippen molar-refractivity contribution in [2.75, 3.05) is 18.4 Å². The van der Waals surface area contributed by atoms with Crippen LogP contribution in [0.25, 0.3) is 0 Å². The molecule has 0 aliphatic carbocycles. The molecule has 1 aliphatic heterocycles. The molecule has 1 aromatic carbocycles. The van der Waals surface area contributed by atoms with E-state index in [9.17, 15) is 14.0 Å². The molecule has 0 spiro atoms. The smallest absolute Gasteiger partial charge is 0.304 e. The second kappa shape index (κ2) is 7.17. The first-order valence-corrected chi connectivity index (χ1v) is 7.06. The summed E-state index contributed by atoms with van der Waals surface area (Å²) in [5, 5.41) is 11.4. The Bertz CT molecular complexity index is 521. The lowest BCUT2D eigenvalue weighted by molar-refractivity contribution is -0.139. The highest BCUT2D eigenvalue weighted by molar-refractivity contribution is 5.92. The summed E-state index contributed by atoms with van der Waals surface area (Å²) in [6.45, 7) is 0.787. The van der Waals surface area contributed by atoms with Gasteiger partial charge in [0.15, 0.2) is 0 Å². The molecular weight excluding hydrogens is 275 g/mol. The van der Waals surface area contributed by atoms with Gasteiger partial charge in [-0.05, 0) is 31.5 Å². The van der Waals surface area contributed by atoms with E-state index in [0.29, 0.717) is 6.54 Å². The Hall–Kier alpha value is -1.95. The topological polar surface area (TPSA) is 69.6 Å². The van der Waals surface area contributed by atoms with Crippen molar-refractivity contribution in [3.05, 3.63) is 30.1 Å². The van der Waals surface area contributed by atoms with Crippen molar-refractivity contribution < 1.29 is 19.1 Å². The van der Waals surface area contributed by atoms with E-state index >= 15 is 0 Å². The number of amides is 1. The van der Waals surface area contributed by atoms with Crippen molar-refractivity contribution in [1.82, 2.24) is 4.90 Å². The minimum Gasteiger partial charge on any atom is -0.481 e. The molecule has 1 atom stereocenters. The highest BCUT2D eigenvalue weighted by Crippen LogP contribution is 2.20. The van der Waals surface area contributed by atoms with E-state index in [4.69, 9.17) is 5.11 Å². The van der Waals surface area contributed by atoms with Gasteiger partial charge in [0.1, 0.15) is 5.82 Å². The van der Waals surface area contributed by atoms with E-state index in [1.54, 1.807) is 12.1 Å². The number of rotatable bonds is 5. The molecule has 0 saturated carbocycles. The van der Waals surface area contributed by atoms with Crippen LogP contribution in [-0.2, 0) is 9.59 Å². The largest absolute Gasteiger partial charge is 0.481 e. The molecule has 6 heteroatoms. The highest BCUT2D eigenvalue weighted by atomic mass is 19.1. The van der Waals surface area contributed by atoms with Gasteiger partial charge in [-0.15, -0.1) is 0 Å². The third-order valence-corrected chi connectivity index (χ3v) is 3.65. The number of anilines is 1. The molecule has 1 amide bonds. The summed E-state index contributed by atoms with van der Waals surface area (Å²) in [5.41, 5.74) is 0.147. The Morgan fingerprint density at radius 1 is 1.33 bits per heavy atom. The minimum atomic E-state index is -0.860. The molecule has 5 nitrogen and oxygen atoms in total. The number of para-hydroxylation sites is 1. The Morgan fingerprint density at radius 2 is 2.10 bits per heavy atom. The first-order chi connectivity index (χ1) is 10.1. The van der Waals surface area contributed by atoms with Crippen molar-refractivity contribution in [2.45, 2.75) is 31.7 Å². The number of likely N-dealkylation sites (tertiary alicyclic amines) is 1. The van der Waals surface area contributed by atoms with Crippen LogP contribution in [0.2, 0.25) is 0 Å². The van der Waals surface area contributed by atoms with Crippen LogP contribution in [0.1, 0.15) is 25.7 Å². The summed E-state index contributed by atoms with van der Waals surface area (Å²) in [7, 11) is 0. The van der Waals surface area contributed by atoms with Gasteiger partial charge in [-0.2, -0.15) is 0 Å². The molecule has 1 heterocycles. The van der Waals surface area contributed by atoms with Crippen LogP contribution in [0.15, 0.2) is 24.3 Å². The van der Waals surface area contributed by atoms with Gasteiger partial charge in [0.25, 0.3) is 0 Å². The van der Waals surface area contributed by atoms with Crippen LogP contribution in [-0.4, -0.2) is 41.0 Å². The lowest BCUT2D eigenvalue weighted by atomic mass is 9.99. The molecule has 114 valence electrons. The third kappa shape index (κ3) is 4.53. The van der Waals surface area contributed by atoms with Crippen LogP contribution in [0, 0.1) is 5.82 Å². The van der Waals surface area contributed by atoms with Gasteiger partial charge in [0, 0.05) is 6.04 Å². The molecule has 1 aromatic rings. The molecule has 1 aliphatic rings. The Kier molecular flexibility index (Phi) is 5.27. The van der Waals surface area contributed by atoms with E-state index in [2.05, 4.69) is 5.32 Å². The first-order valence-electron chi connectivity index (χ1n) is 7.06. The summed E-state index contributed by atoms with van der Waals surface area (Å²) in [5.74, 6) is -1.66. The molecule has 0 radical (unpaired) electrons. The Labute approximate surface area is 122 Å². The number of carbonyl (C=O) groups excluding carboxylic acids is 1. The molecule has 2 N–H and O–H groups in total. The fourth-order valence-corrected chi connectivity index (χ4v) is 2.64. The molecule has 1 fully saturated rings. The van der Waals surface area contributed by atoms with Crippen LogP contribution in [0.5, 0.6) is 0 Å². The number of carboxylic acids is 1. The lowest BCUT2D eigenvalue weighted by Gasteiger charge is -2.34. The number of nitrogens with zero attached hydrogens (tertiary/aromatic N) is 1. The zero-order valence-corrected chi connectivity index (χ0v) is 11.7. The van der Waals surface area contributed by atoms with Gasteiger partial charge in [-0.1, -0.05) is 18.6 Å². The monoisotopic (exact) mass is 294 g/mol. The molecule has 21 heavy (non-hydrogen) atoms.